The molecule has 0 aliphatic heterocycles. The molecular weight excluding hydrogens is 126 g/mol. The highest BCUT2D eigenvalue weighted by molar-refractivity contribution is 4.63. The second-order valence-corrected chi connectivity index (χ2v) is 2.74. The van der Waals surface area contributed by atoms with Crippen molar-refractivity contribution in [3.63, 3.8) is 0 Å². The molecule has 1 atom stereocenters. The number of nitrogens with zero attached hydrogens (tertiary/aromatic N) is 1. The summed E-state index contributed by atoms with van der Waals surface area (Å²) in [7, 11) is 3.97. The first-order valence-corrected chi connectivity index (χ1v) is 3.84. The van der Waals surface area contributed by atoms with Gasteiger partial charge < -0.3 is 5.73 Å². The quantitative estimate of drug-likeness (QED) is 0.542. The summed E-state index contributed by atoms with van der Waals surface area (Å²) in [5.74, 6) is 0. The predicted molar refractivity (Wildman–Crippen MR) is 44.6 cm³/mol. The molecule has 0 aliphatic carbocycles. The normalized spacial score (nSPS) is 14.1. The zero-order valence-electron chi connectivity index (χ0n) is 7.22. The Kier molecular flexibility index (Phi) is 5.58. The maximum absolute atomic E-state index is 5.52. The van der Waals surface area contributed by atoms with Crippen LogP contribution in [0.3, 0.4) is 0 Å². The molecule has 0 aromatic heterocycles. The first-order valence-electron chi connectivity index (χ1n) is 3.84. The van der Waals surface area contributed by atoms with E-state index in [1.807, 2.05) is 19.1 Å². The largest absolute Gasteiger partial charge is 0.329 e. The van der Waals surface area contributed by atoms with E-state index in [0.29, 0.717) is 12.6 Å². The maximum Gasteiger partial charge on any atom is 0.0337 e. The molecule has 3 N–H and O–H groups in total. The van der Waals surface area contributed by atoms with E-state index >= 15 is 0 Å². The number of rotatable bonds is 5. The highest BCUT2D eigenvalue weighted by Crippen LogP contribution is 1.93. The summed E-state index contributed by atoms with van der Waals surface area (Å²) in [5, 5.41) is 1.95. The third-order valence-corrected chi connectivity index (χ3v) is 1.36. The molecule has 3 nitrogen and oxygen atoms in total. The second-order valence-electron chi connectivity index (χ2n) is 2.74. The van der Waals surface area contributed by atoms with Crippen molar-refractivity contribution >= 4 is 0 Å². The van der Waals surface area contributed by atoms with E-state index in [9.17, 15) is 0 Å². The molecule has 0 bridgehead atoms. The lowest BCUT2D eigenvalue weighted by Crippen LogP contribution is -2.43. The Bertz CT molecular complexity index is 73.3. The summed E-state index contributed by atoms with van der Waals surface area (Å²) in [5.41, 5.74) is 8.76. The van der Waals surface area contributed by atoms with Crippen LogP contribution in [0.4, 0.5) is 0 Å². The van der Waals surface area contributed by atoms with Gasteiger partial charge >= 0.3 is 0 Å². The summed E-state index contributed by atoms with van der Waals surface area (Å²) in [6.07, 6.45) is 2.33. The number of hydrogen-bond acceptors (Lipinski definition) is 3. The molecular formula is C7H19N3. The third-order valence-electron chi connectivity index (χ3n) is 1.36. The lowest BCUT2D eigenvalue weighted by atomic mass is 10.2. The van der Waals surface area contributed by atoms with E-state index in [1.54, 1.807) is 0 Å². The van der Waals surface area contributed by atoms with Gasteiger partial charge in [-0.3, -0.25) is 10.4 Å². The fraction of sp³-hybridized carbons (Fsp3) is 1.00. The Balaban J connectivity index is 3.39. The molecule has 0 heterocycles. The molecule has 0 rings (SSSR count). The summed E-state index contributed by atoms with van der Waals surface area (Å²) >= 11 is 0. The monoisotopic (exact) mass is 145 g/mol. The van der Waals surface area contributed by atoms with Gasteiger partial charge in [-0.1, -0.05) is 13.3 Å². The Morgan fingerprint density at radius 1 is 1.50 bits per heavy atom. The fourth-order valence-corrected chi connectivity index (χ4v) is 0.949. The van der Waals surface area contributed by atoms with Crippen LogP contribution in [0, 0.1) is 0 Å². The van der Waals surface area contributed by atoms with Crippen molar-refractivity contribution in [1.29, 1.82) is 0 Å². The van der Waals surface area contributed by atoms with Crippen LogP contribution in [0.25, 0.3) is 0 Å². The van der Waals surface area contributed by atoms with E-state index in [0.717, 1.165) is 6.42 Å². The Labute approximate surface area is 63.5 Å². The molecule has 3 heteroatoms. The van der Waals surface area contributed by atoms with Crippen LogP contribution in [-0.4, -0.2) is 31.7 Å². The smallest absolute Gasteiger partial charge is 0.0337 e. The van der Waals surface area contributed by atoms with Crippen LogP contribution in [0.5, 0.6) is 0 Å². The van der Waals surface area contributed by atoms with Crippen molar-refractivity contribution in [3.8, 4) is 0 Å². The summed E-state index contributed by atoms with van der Waals surface area (Å²) in [6.45, 7) is 2.88. The molecule has 0 fully saturated rings. The molecule has 0 amide bonds. The average Bonchev–Trinajstić information content (AvgIpc) is 1.86. The molecule has 0 saturated heterocycles. The Hall–Kier alpha value is -0.120. The minimum Gasteiger partial charge on any atom is -0.329 e. The van der Waals surface area contributed by atoms with Gasteiger partial charge in [0.2, 0.25) is 0 Å². The van der Waals surface area contributed by atoms with Crippen LogP contribution in [0.15, 0.2) is 0 Å². The van der Waals surface area contributed by atoms with Crippen LogP contribution < -0.4 is 11.2 Å². The highest BCUT2D eigenvalue weighted by atomic mass is 15.5. The standard InChI is InChI=1S/C7H19N3/c1-4-5-7(6-8)9-10(2)3/h7,9H,4-6,8H2,1-3H3. The molecule has 0 radical (unpaired) electrons. The highest BCUT2D eigenvalue weighted by Gasteiger charge is 2.03. The Morgan fingerprint density at radius 2 is 2.10 bits per heavy atom. The van der Waals surface area contributed by atoms with E-state index in [-0.39, 0.29) is 0 Å². The zero-order chi connectivity index (χ0) is 7.98. The lowest BCUT2D eigenvalue weighted by molar-refractivity contribution is 0.236. The van der Waals surface area contributed by atoms with Gasteiger partial charge in [0.25, 0.3) is 0 Å². The van der Waals surface area contributed by atoms with Crippen molar-refractivity contribution < 1.29 is 0 Å². The molecule has 10 heavy (non-hydrogen) atoms. The molecule has 0 saturated carbocycles. The van der Waals surface area contributed by atoms with Gasteiger partial charge in [0, 0.05) is 26.7 Å². The van der Waals surface area contributed by atoms with Crippen LogP contribution in [-0.2, 0) is 0 Å². The summed E-state index contributed by atoms with van der Waals surface area (Å²) < 4.78 is 0. The van der Waals surface area contributed by atoms with Crippen LogP contribution >= 0.6 is 0 Å². The topological polar surface area (TPSA) is 41.3 Å². The summed E-state index contributed by atoms with van der Waals surface area (Å²) in [4.78, 5) is 0. The zero-order valence-corrected chi connectivity index (χ0v) is 7.22. The van der Waals surface area contributed by atoms with Gasteiger partial charge in [-0.15, -0.1) is 0 Å². The van der Waals surface area contributed by atoms with Crippen molar-refractivity contribution in [3.05, 3.63) is 0 Å². The van der Waals surface area contributed by atoms with Crippen molar-refractivity contribution in [2.24, 2.45) is 5.73 Å². The van der Waals surface area contributed by atoms with E-state index in [1.165, 1.54) is 6.42 Å². The van der Waals surface area contributed by atoms with Gasteiger partial charge in [0.05, 0.1) is 0 Å². The number of hydrogen-bond donors (Lipinski definition) is 2. The number of nitrogens with two attached hydrogens (primary N) is 1. The van der Waals surface area contributed by atoms with Gasteiger partial charge in [0.1, 0.15) is 0 Å². The Morgan fingerprint density at radius 3 is 2.40 bits per heavy atom. The lowest BCUT2D eigenvalue weighted by Gasteiger charge is -2.20. The van der Waals surface area contributed by atoms with Gasteiger partial charge in [-0.2, -0.15) is 0 Å². The van der Waals surface area contributed by atoms with Crippen molar-refractivity contribution in [1.82, 2.24) is 10.4 Å². The van der Waals surface area contributed by atoms with Gasteiger partial charge in [-0.25, -0.2) is 0 Å². The predicted octanol–water partition coefficient (Wildman–Crippen LogP) is 0.180. The third kappa shape index (κ3) is 4.73. The first kappa shape index (κ1) is 9.88. The van der Waals surface area contributed by atoms with Crippen molar-refractivity contribution in [2.75, 3.05) is 20.6 Å². The van der Waals surface area contributed by atoms with Crippen molar-refractivity contribution in [2.45, 2.75) is 25.8 Å². The SMILES string of the molecule is CCCC(CN)NN(C)C. The van der Waals surface area contributed by atoms with Crippen LogP contribution in [0.1, 0.15) is 19.8 Å². The minimum atomic E-state index is 0.444. The summed E-state index contributed by atoms with van der Waals surface area (Å²) in [6, 6.07) is 0.444. The average molecular weight is 145 g/mol. The van der Waals surface area contributed by atoms with Gasteiger partial charge in [-0.05, 0) is 6.42 Å². The molecule has 62 valence electrons. The molecule has 0 aliphatic rings. The van der Waals surface area contributed by atoms with E-state index in [2.05, 4.69) is 12.3 Å². The maximum atomic E-state index is 5.52. The first-order chi connectivity index (χ1) is 4.70. The van der Waals surface area contributed by atoms with E-state index < -0.39 is 0 Å². The minimum absolute atomic E-state index is 0.444. The molecule has 0 aromatic rings. The molecule has 0 aromatic carbocycles. The molecule has 1 unspecified atom stereocenters. The molecule has 0 spiro atoms. The van der Waals surface area contributed by atoms with Crippen LogP contribution in [0.2, 0.25) is 0 Å². The fourth-order valence-electron chi connectivity index (χ4n) is 0.949. The number of hydrazine groups is 1. The number of nitrogens with one attached hydrogen (secondary N) is 1. The van der Waals surface area contributed by atoms with Gasteiger partial charge in [0.15, 0.2) is 0 Å². The van der Waals surface area contributed by atoms with E-state index in [4.69, 9.17) is 5.73 Å². The second kappa shape index (κ2) is 5.65.